The zero-order valence-corrected chi connectivity index (χ0v) is 19.8. The summed E-state index contributed by atoms with van der Waals surface area (Å²) in [5, 5.41) is 6.15. The van der Waals surface area contributed by atoms with Gasteiger partial charge in [-0.1, -0.05) is 23.7 Å². The number of amides is 3. The monoisotopic (exact) mass is 469 g/mol. The van der Waals surface area contributed by atoms with Gasteiger partial charge in [-0.05, 0) is 49.8 Å². The number of ether oxygens (including phenoxy) is 1. The van der Waals surface area contributed by atoms with Crippen molar-refractivity contribution >= 4 is 41.1 Å². The number of likely N-dealkylation sites (tertiary alicyclic amines) is 1. The summed E-state index contributed by atoms with van der Waals surface area (Å²) in [5.74, 6) is 0.242. The van der Waals surface area contributed by atoms with Crippen molar-refractivity contribution in [3.63, 3.8) is 0 Å². The maximum Gasteiger partial charge on any atom is 0.253 e. The molecule has 172 valence electrons. The molecule has 9 heteroatoms. The van der Waals surface area contributed by atoms with Gasteiger partial charge < -0.3 is 20.3 Å². The number of carbonyl (C=O) groups excluding carboxylic acids is 3. The van der Waals surface area contributed by atoms with Crippen LogP contribution in [0.1, 0.15) is 36.0 Å². The molecule has 0 radical (unpaired) electrons. The summed E-state index contributed by atoms with van der Waals surface area (Å²) in [5.41, 5.74) is 0.356. The van der Waals surface area contributed by atoms with Gasteiger partial charge in [0, 0.05) is 39.3 Å². The molecule has 1 aromatic carbocycles. The Bertz CT molecular complexity index is 741. The number of piperidine rings is 1. The number of nitrogens with one attached hydrogen (secondary N) is 2. The van der Waals surface area contributed by atoms with Crippen LogP contribution in [0.2, 0.25) is 5.02 Å². The van der Waals surface area contributed by atoms with Crippen LogP contribution in [0.15, 0.2) is 24.3 Å². The van der Waals surface area contributed by atoms with Crippen molar-refractivity contribution in [2.75, 3.05) is 45.4 Å². The number of hydrogen-bond donors (Lipinski definition) is 2. The van der Waals surface area contributed by atoms with E-state index in [0.29, 0.717) is 56.1 Å². The van der Waals surface area contributed by atoms with Crippen LogP contribution in [0.3, 0.4) is 0 Å². The normalized spacial score (nSPS) is 15.4. The van der Waals surface area contributed by atoms with E-state index >= 15 is 0 Å². The summed E-state index contributed by atoms with van der Waals surface area (Å²) in [7, 11) is 1.64. The quantitative estimate of drug-likeness (QED) is 0.486. The fourth-order valence-corrected chi connectivity index (χ4v) is 4.22. The molecule has 1 fully saturated rings. The van der Waals surface area contributed by atoms with Crippen LogP contribution in [0.4, 0.5) is 0 Å². The maximum atomic E-state index is 13.1. The molecule has 1 unspecified atom stereocenters. The van der Waals surface area contributed by atoms with E-state index in [1.165, 1.54) is 0 Å². The molecule has 0 bridgehead atoms. The van der Waals surface area contributed by atoms with E-state index in [4.69, 9.17) is 16.3 Å². The number of nitrogens with zero attached hydrogens (tertiary/aromatic N) is 1. The molecule has 1 saturated heterocycles. The van der Waals surface area contributed by atoms with E-state index in [1.807, 2.05) is 6.26 Å². The molecule has 7 nitrogen and oxygen atoms in total. The number of thioether (sulfide) groups is 1. The Morgan fingerprint density at radius 2 is 1.97 bits per heavy atom. The van der Waals surface area contributed by atoms with Gasteiger partial charge in [0.1, 0.15) is 6.04 Å². The predicted molar refractivity (Wildman–Crippen MR) is 125 cm³/mol. The summed E-state index contributed by atoms with van der Waals surface area (Å²) < 4.78 is 4.99. The smallest absolute Gasteiger partial charge is 0.253 e. The number of benzene rings is 1. The lowest BCUT2D eigenvalue weighted by Gasteiger charge is -2.34. The van der Waals surface area contributed by atoms with Crippen molar-refractivity contribution < 1.29 is 19.1 Å². The van der Waals surface area contributed by atoms with E-state index in [2.05, 4.69) is 10.6 Å². The largest absolute Gasteiger partial charge is 0.385 e. The first kappa shape index (κ1) is 25.5. The topological polar surface area (TPSA) is 87.7 Å². The Morgan fingerprint density at radius 1 is 1.26 bits per heavy atom. The molecule has 0 aliphatic carbocycles. The molecule has 1 aliphatic rings. The maximum absolute atomic E-state index is 13.1. The van der Waals surface area contributed by atoms with Crippen LogP contribution < -0.4 is 10.6 Å². The molecule has 1 heterocycles. The fourth-order valence-electron chi connectivity index (χ4n) is 3.53. The lowest BCUT2D eigenvalue weighted by Crippen LogP contribution is -2.52. The highest BCUT2D eigenvalue weighted by Gasteiger charge is 2.31. The van der Waals surface area contributed by atoms with E-state index in [9.17, 15) is 14.4 Å². The van der Waals surface area contributed by atoms with Gasteiger partial charge in [0.2, 0.25) is 11.8 Å². The number of halogens is 1. The van der Waals surface area contributed by atoms with Crippen molar-refractivity contribution in [2.24, 2.45) is 5.92 Å². The summed E-state index contributed by atoms with van der Waals surface area (Å²) in [6.45, 7) is 2.22. The molecule has 0 saturated carbocycles. The lowest BCUT2D eigenvalue weighted by molar-refractivity contribution is -0.137. The third-order valence-electron chi connectivity index (χ3n) is 5.33. The van der Waals surface area contributed by atoms with Gasteiger partial charge in [-0.2, -0.15) is 11.8 Å². The molecular weight excluding hydrogens is 438 g/mol. The number of hydrogen-bond acceptors (Lipinski definition) is 5. The minimum Gasteiger partial charge on any atom is -0.385 e. The highest BCUT2D eigenvalue weighted by molar-refractivity contribution is 7.98. The molecule has 0 aromatic heterocycles. The molecule has 0 spiro atoms. The number of carbonyl (C=O) groups is 3. The summed E-state index contributed by atoms with van der Waals surface area (Å²) in [6, 6.07) is 6.18. The zero-order chi connectivity index (χ0) is 22.6. The third kappa shape index (κ3) is 8.01. The van der Waals surface area contributed by atoms with Crippen molar-refractivity contribution in [2.45, 2.75) is 31.7 Å². The van der Waals surface area contributed by atoms with Crippen molar-refractivity contribution in [1.29, 1.82) is 0 Å². The van der Waals surface area contributed by atoms with Crippen LogP contribution in [0.25, 0.3) is 0 Å². The molecule has 31 heavy (non-hydrogen) atoms. The van der Waals surface area contributed by atoms with Crippen LogP contribution in [0.5, 0.6) is 0 Å². The van der Waals surface area contributed by atoms with Gasteiger partial charge in [-0.25, -0.2) is 0 Å². The fraction of sp³-hybridized carbons (Fsp3) is 0.591. The average molecular weight is 470 g/mol. The Hall–Kier alpha value is -1.77. The van der Waals surface area contributed by atoms with E-state index in [-0.39, 0.29) is 23.6 Å². The van der Waals surface area contributed by atoms with Crippen LogP contribution in [0, 0.1) is 5.92 Å². The van der Waals surface area contributed by atoms with Gasteiger partial charge in [-0.15, -0.1) is 0 Å². The van der Waals surface area contributed by atoms with Gasteiger partial charge in [0.05, 0.1) is 10.6 Å². The second-order valence-corrected chi connectivity index (χ2v) is 8.92. The number of methoxy groups -OCH3 is 1. The second-order valence-electron chi connectivity index (χ2n) is 7.52. The molecule has 3 amide bonds. The van der Waals surface area contributed by atoms with Crippen molar-refractivity contribution in [3.8, 4) is 0 Å². The predicted octanol–water partition coefficient (Wildman–Crippen LogP) is 2.58. The molecule has 2 N–H and O–H groups in total. The molecule has 2 rings (SSSR count). The zero-order valence-electron chi connectivity index (χ0n) is 18.2. The minimum atomic E-state index is -0.615. The van der Waals surface area contributed by atoms with Crippen LogP contribution in [-0.4, -0.2) is 74.0 Å². The SMILES string of the molecule is COCCCNC(=O)C1CCN(C(=O)C(CCSC)NC(=O)c2ccccc2Cl)CC1. The third-order valence-corrected chi connectivity index (χ3v) is 6.31. The minimum absolute atomic E-state index is 0.0363. The van der Waals surface area contributed by atoms with E-state index in [0.717, 1.165) is 12.2 Å². The molecule has 1 atom stereocenters. The molecule has 1 aliphatic heterocycles. The van der Waals surface area contributed by atoms with Crippen molar-refractivity contribution in [1.82, 2.24) is 15.5 Å². The van der Waals surface area contributed by atoms with Gasteiger partial charge in [0.25, 0.3) is 5.91 Å². The van der Waals surface area contributed by atoms with Crippen molar-refractivity contribution in [3.05, 3.63) is 34.9 Å². The Balaban J connectivity index is 1.91. The first-order chi connectivity index (χ1) is 15.0. The number of rotatable bonds is 11. The van der Waals surface area contributed by atoms with Gasteiger partial charge in [0.15, 0.2) is 0 Å². The Labute approximate surface area is 193 Å². The standard InChI is InChI=1S/C22H32ClN3O4S/c1-30-14-5-11-24-20(27)16-8-12-26(13-9-16)22(29)19(10-15-31-2)25-21(28)17-6-3-4-7-18(17)23/h3-4,6-7,16,19H,5,8-15H2,1-2H3,(H,24,27)(H,25,28). The highest BCUT2D eigenvalue weighted by atomic mass is 35.5. The van der Waals surface area contributed by atoms with E-state index in [1.54, 1.807) is 48.0 Å². The summed E-state index contributed by atoms with van der Waals surface area (Å²) >= 11 is 7.75. The Kier molecular flexibility index (Phi) is 11.2. The lowest BCUT2D eigenvalue weighted by atomic mass is 9.95. The molecular formula is C22H32ClN3O4S. The van der Waals surface area contributed by atoms with Crippen LogP contribution >= 0.6 is 23.4 Å². The average Bonchev–Trinajstić information content (AvgIpc) is 2.79. The Morgan fingerprint density at radius 3 is 2.61 bits per heavy atom. The second kappa shape index (κ2) is 13.6. The highest BCUT2D eigenvalue weighted by Crippen LogP contribution is 2.20. The van der Waals surface area contributed by atoms with Crippen LogP contribution in [-0.2, 0) is 14.3 Å². The first-order valence-electron chi connectivity index (χ1n) is 10.6. The van der Waals surface area contributed by atoms with Gasteiger partial charge in [-0.3, -0.25) is 14.4 Å². The first-order valence-corrected chi connectivity index (χ1v) is 12.3. The van der Waals surface area contributed by atoms with E-state index < -0.39 is 6.04 Å². The van der Waals surface area contributed by atoms with Gasteiger partial charge >= 0.3 is 0 Å². The summed E-state index contributed by atoms with van der Waals surface area (Å²) in [6.07, 6.45) is 4.53. The summed E-state index contributed by atoms with van der Waals surface area (Å²) in [4.78, 5) is 39.9. The molecule has 1 aromatic rings.